The molecule has 2 heteroatoms. The second-order valence-corrected chi connectivity index (χ2v) is 9.51. The zero-order valence-electron chi connectivity index (χ0n) is 18.3. The predicted octanol–water partition coefficient (Wildman–Crippen LogP) is 7.52. The van der Waals surface area contributed by atoms with Crippen LogP contribution < -0.4 is 0 Å². The van der Waals surface area contributed by atoms with Crippen LogP contribution in [0.1, 0.15) is 113 Å². The van der Waals surface area contributed by atoms with E-state index in [1.807, 2.05) is 12.1 Å². The maximum absolute atomic E-state index is 12.6. The molecule has 1 aromatic rings. The average Bonchev–Trinajstić information content (AvgIpc) is 2.70. The quantitative estimate of drug-likeness (QED) is 0.454. The molecule has 0 aromatic heterocycles. The van der Waals surface area contributed by atoms with Crippen molar-refractivity contribution in [1.29, 1.82) is 0 Å². The topological polar surface area (TPSA) is 26.3 Å². The van der Waals surface area contributed by atoms with Gasteiger partial charge in [-0.05, 0) is 86.3 Å². The number of esters is 1. The molecule has 3 atom stereocenters. The molecule has 2 aliphatic carbocycles. The van der Waals surface area contributed by atoms with Crippen LogP contribution in [-0.2, 0) is 4.74 Å². The lowest BCUT2D eigenvalue weighted by Gasteiger charge is -2.34. The summed E-state index contributed by atoms with van der Waals surface area (Å²) in [6.07, 6.45) is 13.9. The van der Waals surface area contributed by atoms with Crippen molar-refractivity contribution in [1.82, 2.24) is 0 Å². The average molecular weight is 385 g/mol. The number of rotatable bonds is 7. The van der Waals surface area contributed by atoms with Gasteiger partial charge >= 0.3 is 5.97 Å². The lowest BCUT2D eigenvalue weighted by atomic mass is 9.71. The second-order valence-electron chi connectivity index (χ2n) is 9.51. The van der Waals surface area contributed by atoms with Gasteiger partial charge < -0.3 is 4.74 Å². The summed E-state index contributed by atoms with van der Waals surface area (Å²) >= 11 is 0. The molecule has 3 unspecified atom stereocenters. The molecule has 0 aliphatic heterocycles. The molecule has 0 N–H and O–H groups in total. The van der Waals surface area contributed by atoms with E-state index in [2.05, 4.69) is 32.9 Å². The fourth-order valence-electron chi connectivity index (χ4n) is 5.71. The van der Waals surface area contributed by atoms with Crippen LogP contribution in [0.15, 0.2) is 24.3 Å². The van der Waals surface area contributed by atoms with Gasteiger partial charge in [0.05, 0.1) is 5.56 Å². The predicted molar refractivity (Wildman–Crippen MR) is 117 cm³/mol. The molecule has 156 valence electrons. The molecule has 2 nitrogen and oxygen atoms in total. The third kappa shape index (κ3) is 5.61. The minimum Gasteiger partial charge on any atom is -0.459 e. The first-order chi connectivity index (χ1) is 13.6. The van der Waals surface area contributed by atoms with Crippen molar-refractivity contribution < 1.29 is 9.53 Å². The molecule has 1 aromatic carbocycles. The van der Waals surface area contributed by atoms with Gasteiger partial charge in [0.1, 0.15) is 6.10 Å². The van der Waals surface area contributed by atoms with Crippen LogP contribution in [0.4, 0.5) is 0 Å². The number of carbonyl (C=O) groups excluding carboxylic acids is 1. The highest BCUT2D eigenvalue weighted by atomic mass is 16.5. The van der Waals surface area contributed by atoms with Gasteiger partial charge in [0.2, 0.25) is 0 Å². The normalized spacial score (nSPS) is 30.8. The van der Waals surface area contributed by atoms with Gasteiger partial charge in [-0.3, -0.25) is 0 Å². The Kier molecular flexibility index (Phi) is 8.00. The van der Waals surface area contributed by atoms with Crippen LogP contribution >= 0.6 is 0 Å². The van der Waals surface area contributed by atoms with Gasteiger partial charge in [-0.15, -0.1) is 0 Å². The number of hydrogen-bond donors (Lipinski definition) is 0. The fraction of sp³-hybridized carbons (Fsp3) is 0.731. The maximum atomic E-state index is 12.6. The monoisotopic (exact) mass is 384 g/mol. The van der Waals surface area contributed by atoms with Crippen LogP contribution in [0.2, 0.25) is 0 Å². The fourth-order valence-corrected chi connectivity index (χ4v) is 5.71. The molecule has 0 saturated heterocycles. The first-order valence-electron chi connectivity index (χ1n) is 11.9. The summed E-state index contributed by atoms with van der Waals surface area (Å²) in [7, 11) is 0. The second kappa shape index (κ2) is 10.5. The van der Waals surface area contributed by atoms with Crippen molar-refractivity contribution >= 4 is 5.97 Å². The van der Waals surface area contributed by atoms with Gasteiger partial charge in [-0.1, -0.05) is 58.6 Å². The van der Waals surface area contributed by atoms with Crippen molar-refractivity contribution in [3.63, 3.8) is 0 Å². The van der Waals surface area contributed by atoms with E-state index in [4.69, 9.17) is 4.74 Å². The standard InChI is InChI=1S/C26H40O2/c1-4-6-20-8-15-24(16-9-20)28-26(27)23-13-11-22(12-14-23)25-17-10-21(7-5-2)18-19(25)3/h11-14,19-21,24-25H,4-10,15-18H2,1-3H3/t19?,20-,21?,24-,25?. The maximum Gasteiger partial charge on any atom is 0.338 e. The summed E-state index contributed by atoms with van der Waals surface area (Å²) in [5, 5.41) is 0. The lowest BCUT2D eigenvalue weighted by molar-refractivity contribution is 0.0161. The van der Waals surface area contributed by atoms with Gasteiger partial charge in [-0.25, -0.2) is 4.79 Å². The molecule has 3 rings (SSSR count). The summed E-state index contributed by atoms with van der Waals surface area (Å²) in [5.74, 6) is 3.00. The zero-order valence-corrected chi connectivity index (χ0v) is 18.3. The molecule has 2 aliphatic rings. The van der Waals surface area contributed by atoms with Crippen molar-refractivity contribution in [2.75, 3.05) is 0 Å². The van der Waals surface area contributed by atoms with Crippen molar-refractivity contribution in [3.8, 4) is 0 Å². The Morgan fingerprint density at radius 1 is 0.893 bits per heavy atom. The Morgan fingerprint density at radius 2 is 1.50 bits per heavy atom. The van der Waals surface area contributed by atoms with Gasteiger partial charge in [0.25, 0.3) is 0 Å². The molecule has 0 spiro atoms. The molecule has 0 heterocycles. The highest BCUT2D eigenvalue weighted by Gasteiger charge is 2.28. The summed E-state index contributed by atoms with van der Waals surface area (Å²) in [5.41, 5.74) is 2.12. The van der Waals surface area contributed by atoms with Crippen molar-refractivity contribution in [3.05, 3.63) is 35.4 Å². The SMILES string of the molecule is CCCC1CCC(c2ccc(C(=O)O[C@H]3CC[C@H](CCC)CC3)cc2)C(C)C1. The minimum atomic E-state index is -0.134. The van der Waals surface area contributed by atoms with Gasteiger partial charge in [0.15, 0.2) is 0 Å². The Hall–Kier alpha value is -1.31. The Morgan fingerprint density at radius 3 is 2.11 bits per heavy atom. The molecule has 0 amide bonds. The Bertz CT molecular complexity index is 597. The first-order valence-corrected chi connectivity index (χ1v) is 11.9. The third-order valence-electron chi connectivity index (χ3n) is 7.31. The highest BCUT2D eigenvalue weighted by Crippen LogP contribution is 2.41. The van der Waals surface area contributed by atoms with Crippen LogP contribution in [0, 0.1) is 17.8 Å². The summed E-state index contributed by atoms with van der Waals surface area (Å²) in [4.78, 5) is 12.6. The third-order valence-corrected chi connectivity index (χ3v) is 7.31. The number of benzene rings is 1. The van der Waals surface area contributed by atoms with E-state index < -0.39 is 0 Å². The van der Waals surface area contributed by atoms with Crippen molar-refractivity contribution in [2.45, 2.75) is 103 Å². The Balaban J connectivity index is 1.51. The Labute approximate surface area is 172 Å². The van der Waals surface area contributed by atoms with Crippen LogP contribution in [0.3, 0.4) is 0 Å². The molecular formula is C26H40O2. The summed E-state index contributed by atoms with van der Waals surface area (Å²) < 4.78 is 5.81. The van der Waals surface area contributed by atoms with E-state index in [1.165, 1.54) is 63.4 Å². The smallest absolute Gasteiger partial charge is 0.338 e. The van der Waals surface area contributed by atoms with E-state index in [9.17, 15) is 4.79 Å². The first kappa shape index (κ1) is 21.4. The largest absolute Gasteiger partial charge is 0.459 e. The van der Waals surface area contributed by atoms with E-state index in [-0.39, 0.29) is 12.1 Å². The molecule has 0 radical (unpaired) electrons. The van der Waals surface area contributed by atoms with Crippen LogP contribution in [0.25, 0.3) is 0 Å². The van der Waals surface area contributed by atoms with E-state index in [1.54, 1.807) is 0 Å². The van der Waals surface area contributed by atoms with Gasteiger partial charge in [-0.2, -0.15) is 0 Å². The minimum absolute atomic E-state index is 0.120. The number of ether oxygens (including phenoxy) is 1. The van der Waals surface area contributed by atoms with Crippen molar-refractivity contribution in [2.24, 2.45) is 17.8 Å². The molecular weight excluding hydrogens is 344 g/mol. The zero-order chi connectivity index (χ0) is 19.9. The molecule has 2 saturated carbocycles. The molecule has 2 fully saturated rings. The van der Waals surface area contributed by atoms with Crippen LogP contribution in [0.5, 0.6) is 0 Å². The highest BCUT2D eigenvalue weighted by molar-refractivity contribution is 5.89. The summed E-state index contributed by atoms with van der Waals surface area (Å²) in [6.45, 7) is 6.96. The summed E-state index contributed by atoms with van der Waals surface area (Å²) in [6, 6.07) is 8.34. The molecule has 0 bridgehead atoms. The number of hydrogen-bond acceptors (Lipinski definition) is 2. The van der Waals surface area contributed by atoms with Crippen LogP contribution in [-0.4, -0.2) is 12.1 Å². The number of carbonyl (C=O) groups is 1. The van der Waals surface area contributed by atoms with E-state index in [0.717, 1.165) is 30.6 Å². The van der Waals surface area contributed by atoms with E-state index in [0.29, 0.717) is 11.5 Å². The van der Waals surface area contributed by atoms with E-state index >= 15 is 0 Å². The lowest BCUT2D eigenvalue weighted by Crippen LogP contribution is -2.24. The van der Waals surface area contributed by atoms with Gasteiger partial charge in [0, 0.05) is 0 Å². The molecule has 28 heavy (non-hydrogen) atoms.